The van der Waals surface area contributed by atoms with Crippen LogP contribution in [0.5, 0.6) is 11.5 Å². The number of nitrogens with zero attached hydrogens (tertiary/aromatic N) is 5. The van der Waals surface area contributed by atoms with Crippen LogP contribution in [-0.2, 0) is 16.1 Å². The first-order valence-electron chi connectivity index (χ1n) is 18.4. The molecule has 4 aromatic rings. The highest BCUT2D eigenvalue weighted by atomic mass is 16.5. The normalized spacial score (nSPS) is 15.4. The lowest BCUT2D eigenvalue weighted by atomic mass is 10.1. The second-order valence-corrected chi connectivity index (χ2v) is 13.8. The van der Waals surface area contributed by atoms with Gasteiger partial charge in [-0.2, -0.15) is 0 Å². The lowest BCUT2D eigenvalue weighted by molar-refractivity contribution is -0.132. The van der Waals surface area contributed by atoms with Gasteiger partial charge in [0, 0.05) is 58.3 Å². The Morgan fingerprint density at radius 1 is 0.943 bits per heavy atom. The van der Waals surface area contributed by atoms with Crippen LogP contribution >= 0.6 is 0 Å². The van der Waals surface area contributed by atoms with E-state index in [1.165, 1.54) is 7.11 Å². The summed E-state index contributed by atoms with van der Waals surface area (Å²) < 4.78 is 17.3. The molecule has 282 valence electrons. The first-order valence-corrected chi connectivity index (χ1v) is 18.4. The van der Waals surface area contributed by atoms with Crippen molar-refractivity contribution in [3.05, 3.63) is 77.1 Å². The third kappa shape index (κ3) is 9.53. The van der Waals surface area contributed by atoms with Crippen molar-refractivity contribution in [2.75, 3.05) is 90.5 Å². The Bertz CT molecular complexity index is 1900. The molecule has 0 saturated carbocycles. The number of ether oxygens (including phenoxy) is 3. The van der Waals surface area contributed by atoms with Crippen molar-refractivity contribution >= 4 is 40.1 Å². The molecule has 6 rings (SSSR count). The number of carbonyl (C=O) groups is 3. The molecule has 2 N–H and O–H groups in total. The van der Waals surface area contributed by atoms with Gasteiger partial charge in [-0.05, 0) is 81.3 Å². The number of carbonyl (C=O) groups excluding carboxylic acids is 3. The molecule has 0 spiro atoms. The van der Waals surface area contributed by atoms with E-state index in [9.17, 15) is 14.4 Å². The number of fused-ring (bicyclic) bond motifs is 1. The monoisotopic (exact) mass is 725 g/mol. The van der Waals surface area contributed by atoms with Gasteiger partial charge in [-0.3, -0.25) is 19.3 Å². The molecule has 2 saturated heterocycles. The van der Waals surface area contributed by atoms with Crippen LogP contribution in [0.4, 0.5) is 11.4 Å². The number of anilines is 2. The first-order chi connectivity index (χ1) is 25.7. The molecule has 3 amide bonds. The van der Waals surface area contributed by atoms with Gasteiger partial charge in [-0.25, -0.2) is 4.98 Å². The van der Waals surface area contributed by atoms with Crippen LogP contribution in [0.3, 0.4) is 0 Å². The van der Waals surface area contributed by atoms with E-state index >= 15 is 0 Å². The van der Waals surface area contributed by atoms with Crippen LogP contribution in [0, 0.1) is 6.92 Å². The Morgan fingerprint density at radius 2 is 1.74 bits per heavy atom. The molecule has 1 aromatic heterocycles. The Morgan fingerprint density at radius 3 is 2.51 bits per heavy atom. The minimum atomic E-state index is -0.377. The van der Waals surface area contributed by atoms with Crippen LogP contribution in [0.2, 0.25) is 0 Å². The van der Waals surface area contributed by atoms with Gasteiger partial charge in [0.25, 0.3) is 11.8 Å². The molecule has 13 heteroatoms. The van der Waals surface area contributed by atoms with Crippen LogP contribution in [0.1, 0.15) is 57.8 Å². The Hall–Kier alpha value is -4.98. The molecule has 53 heavy (non-hydrogen) atoms. The summed E-state index contributed by atoms with van der Waals surface area (Å²) in [5, 5.41) is 2.99. The second-order valence-electron chi connectivity index (χ2n) is 13.8. The molecular formula is C40H51N7O6. The van der Waals surface area contributed by atoms with E-state index in [-0.39, 0.29) is 29.0 Å². The predicted octanol–water partition coefficient (Wildman–Crippen LogP) is 4.95. The Kier molecular flexibility index (Phi) is 12.6. The van der Waals surface area contributed by atoms with Crippen LogP contribution in [-0.4, -0.2) is 123 Å². The highest BCUT2D eigenvalue weighted by Gasteiger charge is 2.23. The standard InChI is InChI=1S/C40H51N7O6/c1-28-12-15-33(35(25-28)53-22-7-5-6-11-37(48)47-18-16-44(2)17-19-47)45(3)40(50)29-13-14-30(34(26-29)51-4)39(49)42-32-10-8-9-31-38(32)43-36(41-31)27-46-20-23-52-24-21-46/h8-10,12-15,25-26H,5-7,11,16-24,27H2,1-4H3,(H,41,43)(H,42,49). The quantitative estimate of drug-likeness (QED) is 0.173. The maximum atomic E-state index is 13.8. The Balaban J connectivity index is 1.06. The summed E-state index contributed by atoms with van der Waals surface area (Å²) in [6.45, 7) is 9.66. The summed E-state index contributed by atoms with van der Waals surface area (Å²) in [5.74, 6) is 1.28. The smallest absolute Gasteiger partial charge is 0.259 e. The third-order valence-corrected chi connectivity index (χ3v) is 9.91. The number of aromatic nitrogens is 2. The fraction of sp³-hybridized carbons (Fsp3) is 0.450. The van der Waals surface area contributed by atoms with Gasteiger partial charge < -0.3 is 39.2 Å². The van der Waals surface area contributed by atoms with Crippen LogP contribution < -0.4 is 19.7 Å². The van der Waals surface area contributed by atoms with Gasteiger partial charge >= 0.3 is 0 Å². The van der Waals surface area contributed by atoms with Gasteiger partial charge in [0.05, 0.1) is 55.9 Å². The number of amides is 3. The lowest BCUT2D eigenvalue weighted by Gasteiger charge is -2.32. The van der Waals surface area contributed by atoms with Gasteiger partial charge in [0.2, 0.25) is 5.91 Å². The molecule has 2 fully saturated rings. The van der Waals surface area contributed by atoms with E-state index in [1.54, 1.807) is 30.1 Å². The molecule has 2 aliphatic rings. The Labute approximate surface area is 311 Å². The zero-order valence-electron chi connectivity index (χ0n) is 31.3. The number of nitrogens with one attached hydrogen (secondary N) is 2. The minimum absolute atomic E-state index is 0.228. The second kappa shape index (κ2) is 17.7. The molecular weight excluding hydrogens is 674 g/mol. The molecule has 0 unspecified atom stereocenters. The number of aryl methyl sites for hydroxylation is 1. The summed E-state index contributed by atoms with van der Waals surface area (Å²) in [6.07, 6.45) is 3.05. The predicted molar refractivity (Wildman–Crippen MR) is 205 cm³/mol. The van der Waals surface area contributed by atoms with E-state index < -0.39 is 0 Å². The summed E-state index contributed by atoms with van der Waals surface area (Å²) in [6, 6.07) is 16.2. The van der Waals surface area contributed by atoms with E-state index in [4.69, 9.17) is 19.2 Å². The fourth-order valence-corrected chi connectivity index (χ4v) is 6.70. The summed E-state index contributed by atoms with van der Waals surface area (Å²) in [5.41, 5.74) is 4.37. The van der Waals surface area contributed by atoms with Crippen molar-refractivity contribution in [1.82, 2.24) is 24.7 Å². The van der Waals surface area contributed by atoms with Gasteiger partial charge in [-0.15, -0.1) is 0 Å². The van der Waals surface area contributed by atoms with E-state index in [0.717, 1.165) is 75.4 Å². The van der Waals surface area contributed by atoms with Crippen molar-refractivity contribution in [2.45, 2.75) is 39.2 Å². The van der Waals surface area contributed by atoms with Gasteiger partial charge in [0.15, 0.2) is 0 Å². The zero-order chi connectivity index (χ0) is 37.3. The maximum absolute atomic E-state index is 13.8. The number of para-hydroxylation sites is 1. The molecule has 3 aromatic carbocycles. The van der Waals surface area contributed by atoms with Crippen molar-refractivity contribution in [2.24, 2.45) is 0 Å². The van der Waals surface area contributed by atoms with Crippen molar-refractivity contribution in [3.8, 4) is 11.5 Å². The number of aromatic amines is 1. The minimum Gasteiger partial charge on any atom is -0.496 e. The van der Waals surface area contributed by atoms with Gasteiger partial charge in [0.1, 0.15) is 22.8 Å². The molecule has 0 bridgehead atoms. The third-order valence-electron chi connectivity index (χ3n) is 9.91. The molecule has 0 radical (unpaired) electrons. The highest BCUT2D eigenvalue weighted by molar-refractivity contribution is 6.11. The van der Waals surface area contributed by atoms with Gasteiger partial charge in [-0.1, -0.05) is 12.1 Å². The number of methoxy groups -OCH3 is 1. The van der Waals surface area contributed by atoms with E-state index in [0.29, 0.717) is 61.0 Å². The average molecular weight is 726 g/mol. The summed E-state index contributed by atoms with van der Waals surface area (Å²) >= 11 is 0. The number of imidazole rings is 1. The van der Waals surface area contributed by atoms with E-state index in [1.807, 2.05) is 48.2 Å². The number of H-pyrrole nitrogens is 1. The summed E-state index contributed by atoms with van der Waals surface area (Å²) in [4.78, 5) is 56.1. The van der Waals surface area contributed by atoms with E-state index in [2.05, 4.69) is 27.1 Å². The maximum Gasteiger partial charge on any atom is 0.259 e. The van der Waals surface area contributed by atoms with Crippen LogP contribution in [0.15, 0.2) is 54.6 Å². The number of hydrogen-bond donors (Lipinski definition) is 2. The number of rotatable bonds is 14. The average Bonchev–Trinajstić information content (AvgIpc) is 3.59. The lowest BCUT2D eigenvalue weighted by Crippen LogP contribution is -2.47. The number of hydrogen-bond acceptors (Lipinski definition) is 9. The highest BCUT2D eigenvalue weighted by Crippen LogP contribution is 2.32. The largest absolute Gasteiger partial charge is 0.496 e. The van der Waals surface area contributed by atoms with Crippen molar-refractivity contribution < 1.29 is 28.6 Å². The molecule has 13 nitrogen and oxygen atoms in total. The topological polar surface area (TPSA) is 133 Å². The number of likely N-dealkylation sites (N-methyl/N-ethyl adjacent to an activating group) is 1. The number of morpholine rings is 1. The zero-order valence-corrected chi connectivity index (χ0v) is 31.3. The van der Waals surface area contributed by atoms with Crippen molar-refractivity contribution in [3.63, 3.8) is 0 Å². The summed E-state index contributed by atoms with van der Waals surface area (Å²) in [7, 11) is 5.26. The first kappa shape index (κ1) is 37.8. The molecule has 0 aliphatic carbocycles. The molecule has 0 atom stereocenters. The number of benzene rings is 3. The number of unbranched alkanes of at least 4 members (excludes halogenated alkanes) is 2. The molecule has 2 aliphatic heterocycles. The SMILES string of the molecule is COc1cc(C(=O)N(C)c2ccc(C)cc2OCCCCCC(=O)N2CCN(C)CC2)ccc1C(=O)Nc1cccc2[nH]c(CN3CCOCC3)nc12. The molecule has 3 heterocycles. The fourth-order valence-electron chi connectivity index (χ4n) is 6.70. The number of piperazine rings is 1. The van der Waals surface area contributed by atoms with Crippen molar-refractivity contribution in [1.29, 1.82) is 0 Å². The van der Waals surface area contributed by atoms with Crippen LogP contribution in [0.25, 0.3) is 11.0 Å².